The lowest BCUT2D eigenvalue weighted by atomic mass is 9.94. The zero-order valence-electron chi connectivity index (χ0n) is 28.8. The van der Waals surface area contributed by atoms with Gasteiger partial charge in [0, 0.05) is 27.5 Å². The Bertz CT molecular complexity index is 2850. The van der Waals surface area contributed by atoms with Crippen molar-refractivity contribution in [3.05, 3.63) is 205 Å². The van der Waals surface area contributed by atoms with E-state index >= 15 is 0 Å². The molecule has 0 radical (unpaired) electrons. The Labute approximate surface area is 307 Å². The van der Waals surface area contributed by atoms with E-state index in [-0.39, 0.29) is 6.17 Å². The van der Waals surface area contributed by atoms with Crippen LogP contribution in [0, 0.1) is 0 Å². The molecule has 4 nitrogen and oxygen atoms in total. The van der Waals surface area contributed by atoms with Crippen LogP contribution in [0.25, 0.3) is 66.1 Å². The van der Waals surface area contributed by atoms with E-state index in [9.17, 15) is 0 Å². The molecule has 0 saturated carbocycles. The van der Waals surface area contributed by atoms with Gasteiger partial charge in [-0.3, -0.25) is 0 Å². The van der Waals surface area contributed by atoms with Crippen LogP contribution in [0.4, 0.5) is 0 Å². The molecule has 1 aliphatic heterocycles. The fraction of sp³-hybridized carbons (Fsp3) is 0.0204. The molecule has 2 heterocycles. The molecule has 250 valence electrons. The molecule has 1 unspecified atom stereocenters. The number of nitrogens with zero attached hydrogens (tertiary/aromatic N) is 2. The molecular formula is C49H33N3O. The monoisotopic (exact) mass is 679 g/mol. The fourth-order valence-corrected chi connectivity index (χ4v) is 7.46. The van der Waals surface area contributed by atoms with E-state index in [4.69, 9.17) is 14.4 Å². The van der Waals surface area contributed by atoms with Crippen LogP contribution in [-0.4, -0.2) is 11.7 Å². The summed E-state index contributed by atoms with van der Waals surface area (Å²) in [6, 6.07) is 65.8. The quantitative estimate of drug-likeness (QED) is 0.190. The first-order valence-corrected chi connectivity index (χ1v) is 17.9. The summed E-state index contributed by atoms with van der Waals surface area (Å²) in [6.45, 7) is 0. The van der Waals surface area contributed by atoms with E-state index in [2.05, 4.69) is 169 Å². The number of hydrogen-bond donors (Lipinski definition) is 1. The molecule has 1 aliphatic rings. The molecule has 1 aromatic heterocycles. The summed E-state index contributed by atoms with van der Waals surface area (Å²) in [5, 5.41) is 8.24. The van der Waals surface area contributed by atoms with E-state index in [1.54, 1.807) is 0 Å². The SMILES string of the molecule is c1ccc(-c2ccc(C3N=C(c4ccc5ccccc5c4)N=C(c4cccc(-c5ccc(-c6ccccc6)c6oc7ccccc7c56)c4)N3)cc2)cc1. The third-order valence-electron chi connectivity index (χ3n) is 10.1. The highest BCUT2D eigenvalue weighted by Crippen LogP contribution is 2.42. The van der Waals surface area contributed by atoms with Gasteiger partial charge in [0.2, 0.25) is 0 Å². The Morgan fingerprint density at radius 2 is 1.09 bits per heavy atom. The summed E-state index contributed by atoms with van der Waals surface area (Å²) in [7, 11) is 0. The molecule has 8 aromatic carbocycles. The van der Waals surface area contributed by atoms with Crippen molar-refractivity contribution in [3.63, 3.8) is 0 Å². The summed E-state index contributed by atoms with van der Waals surface area (Å²) in [5.41, 5.74) is 11.5. The summed E-state index contributed by atoms with van der Waals surface area (Å²) in [6.07, 6.45) is -0.327. The predicted molar refractivity (Wildman–Crippen MR) is 219 cm³/mol. The number of fused-ring (bicyclic) bond motifs is 4. The van der Waals surface area contributed by atoms with Gasteiger partial charge in [0.1, 0.15) is 23.2 Å². The zero-order valence-corrected chi connectivity index (χ0v) is 28.8. The highest BCUT2D eigenvalue weighted by atomic mass is 16.3. The van der Waals surface area contributed by atoms with E-state index in [0.29, 0.717) is 5.84 Å². The number of benzene rings is 8. The Morgan fingerprint density at radius 3 is 1.92 bits per heavy atom. The first-order valence-electron chi connectivity index (χ1n) is 17.9. The average molecular weight is 680 g/mol. The number of aliphatic imine (C=N–C) groups is 2. The summed E-state index contributed by atoms with van der Waals surface area (Å²) < 4.78 is 6.59. The third kappa shape index (κ3) is 5.67. The van der Waals surface area contributed by atoms with Gasteiger partial charge in [-0.15, -0.1) is 0 Å². The van der Waals surface area contributed by atoms with Gasteiger partial charge in [-0.1, -0.05) is 164 Å². The van der Waals surface area contributed by atoms with Gasteiger partial charge >= 0.3 is 0 Å². The first-order chi connectivity index (χ1) is 26.2. The smallest absolute Gasteiger partial charge is 0.159 e. The van der Waals surface area contributed by atoms with E-state index < -0.39 is 0 Å². The molecule has 4 heteroatoms. The highest BCUT2D eigenvalue weighted by Gasteiger charge is 2.23. The van der Waals surface area contributed by atoms with Gasteiger partial charge in [0.25, 0.3) is 0 Å². The van der Waals surface area contributed by atoms with Gasteiger partial charge in [-0.05, 0) is 68.4 Å². The molecule has 1 N–H and O–H groups in total. The maximum absolute atomic E-state index is 6.59. The minimum atomic E-state index is -0.327. The second-order valence-corrected chi connectivity index (χ2v) is 13.4. The van der Waals surface area contributed by atoms with Gasteiger partial charge in [-0.2, -0.15) is 0 Å². The van der Waals surface area contributed by atoms with E-state index in [1.165, 1.54) is 16.5 Å². The molecule has 0 saturated heterocycles. The van der Waals surface area contributed by atoms with Crippen LogP contribution in [0.15, 0.2) is 202 Å². The Balaban J connectivity index is 1.09. The maximum atomic E-state index is 6.59. The van der Waals surface area contributed by atoms with Crippen molar-refractivity contribution in [2.75, 3.05) is 0 Å². The number of amidine groups is 2. The van der Waals surface area contributed by atoms with Crippen molar-refractivity contribution in [2.24, 2.45) is 9.98 Å². The summed E-state index contributed by atoms with van der Waals surface area (Å²) in [5.74, 6) is 1.47. The molecule has 9 aromatic rings. The second-order valence-electron chi connectivity index (χ2n) is 13.4. The molecule has 1 atom stereocenters. The van der Waals surface area contributed by atoms with Crippen molar-refractivity contribution < 1.29 is 4.42 Å². The molecule has 0 aliphatic carbocycles. The van der Waals surface area contributed by atoms with Crippen LogP contribution in [0.1, 0.15) is 22.9 Å². The van der Waals surface area contributed by atoms with Crippen LogP contribution in [0.3, 0.4) is 0 Å². The van der Waals surface area contributed by atoms with Crippen LogP contribution in [0.5, 0.6) is 0 Å². The van der Waals surface area contributed by atoms with Crippen molar-refractivity contribution >= 4 is 44.4 Å². The molecule has 10 rings (SSSR count). The summed E-state index contributed by atoms with van der Waals surface area (Å²) in [4.78, 5) is 10.4. The van der Waals surface area contributed by atoms with Crippen molar-refractivity contribution in [3.8, 4) is 33.4 Å². The van der Waals surface area contributed by atoms with Crippen molar-refractivity contribution in [2.45, 2.75) is 6.17 Å². The standard InChI is InChI=1S/C49H33N3O/c1-3-12-32(13-4-1)34-22-25-36(26-23-34)47-50-48(52-49(51-47)40-27-24-33-14-7-8-17-37(33)30-40)39-19-11-18-38(31-39)41-28-29-42(35-15-5-2-6-16-35)46-45(41)43-20-9-10-21-44(43)53-46/h1-31,47H,(H,50,51,52). The summed E-state index contributed by atoms with van der Waals surface area (Å²) >= 11 is 0. The van der Waals surface area contributed by atoms with Gasteiger partial charge in [0.15, 0.2) is 5.84 Å². The minimum absolute atomic E-state index is 0.327. The minimum Gasteiger partial charge on any atom is -0.455 e. The van der Waals surface area contributed by atoms with E-state index in [1.807, 2.05) is 24.3 Å². The molecule has 0 spiro atoms. The molecule has 0 bridgehead atoms. The largest absolute Gasteiger partial charge is 0.455 e. The Hall–Kier alpha value is -7.04. The lowest BCUT2D eigenvalue weighted by Gasteiger charge is -2.24. The Kier molecular flexibility index (Phi) is 7.51. The van der Waals surface area contributed by atoms with Crippen LogP contribution in [-0.2, 0) is 0 Å². The molecule has 0 fully saturated rings. The average Bonchev–Trinajstić information content (AvgIpc) is 3.64. The third-order valence-corrected chi connectivity index (χ3v) is 10.1. The lowest BCUT2D eigenvalue weighted by molar-refractivity contribution is 0.670. The Morgan fingerprint density at radius 1 is 0.453 bits per heavy atom. The van der Waals surface area contributed by atoms with Gasteiger partial charge in [-0.25, -0.2) is 9.98 Å². The van der Waals surface area contributed by atoms with Crippen molar-refractivity contribution in [1.29, 1.82) is 0 Å². The van der Waals surface area contributed by atoms with Crippen LogP contribution >= 0.6 is 0 Å². The maximum Gasteiger partial charge on any atom is 0.159 e. The number of nitrogens with one attached hydrogen (secondary N) is 1. The molecule has 0 amide bonds. The van der Waals surface area contributed by atoms with Crippen molar-refractivity contribution in [1.82, 2.24) is 5.32 Å². The topological polar surface area (TPSA) is 49.9 Å². The number of para-hydroxylation sites is 1. The zero-order chi connectivity index (χ0) is 35.1. The molecular weight excluding hydrogens is 647 g/mol. The lowest BCUT2D eigenvalue weighted by Crippen LogP contribution is -2.33. The number of hydrogen-bond acceptors (Lipinski definition) is 4. The highest BCUT2D eigenvalue weighted by molar-refractivity contribution is 6.17. The fourth-order valence-electron chi connectivity index (χ4n) is 7.46. The normalized spacial score (nSPS) is 14.2. The van der Waals surface area contributed by atoms with Gasteiger partial charge < -0.3 is 9.73 Å². The predicted octanol–water partition coefficient (Wildman–Crippen LogP) is 12.2. The first kappa shape index (κ1) is 30.8. The van der Waals surface area contributed by atoms with Crippen LogP contribution in [0.2, 0.25) is 0 Å². The van der Waals surface area contributed by atoms with Gasteiger partial charge in [0.05, 0.1) is 0 Å². The number of rotatable bonds is 6. The van der Waals surface area contributed by atoms with Crippen LogP contribution < -0.4 is 5.32 Å². The molecule has 53 heavy (non-hydrogen) atoms. The number of furan rings is 1. The second kappa shape index (κ2) is 12.9. The van der Waals surface area contributed by atoms with E-state index in [0.717, 1.165) is 72.1 Å².